The quantitative estimate of drug-likeness (QED) is 0.878. The van der Waals surface area contributed by atoms with Crippen LogP contribution < -0.4 is 16.2 Å². The third-order valence-corrected chi connectivity index (χ3v) is 3.71. The average Bonchev–Trinajstić information content (AvgIpc) is 2.58. The van der Waals surface area contributed by atoms with Gasteiger partial charge in [0.2, 0.25) is 5.95 Å². The maximum absolute atomic E-state index is 12.7. The van der Waals surface area contributed by atoms with Crippen molar-refractivity contribution in [1.29, 1.82) is 0 Å². The summed E-state index contributed by atoms with van der Waals surface area (Å²) in [6.45, 7) is 5.22. The van der Waals surface area contributed by atoms with E-state index in [9.17, 15) is 4.79 Å². The SMILES string of the molecule is CCCn1nc(-c2cnc(N)nc2)cc(N2CCOCC2)c1=O. The molecule has 3 heterocycles. The topological polar surface area (TPSA) is 99.2 Å². The zero-order chi connectivity index (χ0) is 16.2. The highest BCUT2D eigenvalue weighted by Gasteiger charge is 2.18. The fourth-order valence-electron chi connectivity index (χ4n) is 2.53. The fraction of sp³-hybridized carbons (Fsp3) is 0.467. The molecule has 0 radical (unpaired) electrons. The van der Waals surface area contributed by atoms with E-state index in [1.54, 1.807) is 18.5 Å². The molecule has 0 saturated carbocycles. The predicted octanol–water partition coefficient (Wildman–Crippen LogP) is 0.529. The molecule has 0 aliphatic carbocycles. The molecule has 0 amide bonds. The maximum atomic E-state index is 12.7. The Hall–Kier alpha value is -2.48. The molecule has 2 N–H and O–H groups in total. The minimum atomic E-state index is -0.0751. The summed E-state index contributed by atoms with van der Waals surface area (Å²) in [6.07, 6.45) is 4.07. The lowest BCUT2D eigenvalue weighted by Crippen LogP contribution is -2.41. The van der Waals surface area contributed by atoms with E-state index in [0.29, 0.717) is 44.2 Å². The van der Waals surface area contributed by atoms with Crippen molar-refractivity contribution >= 4 is 11.6 Å². The number of hydrogen-bond acceptors (Lipinski definition) is 7. The van der Waals surface area contributed by atoms with Crippen molar-refractivity contribution in [2.45, 2.75) is 19.9 Å². The second-order valence-electron chi connectivity index (χ2n) is 5.37. The van der Waals surface area contributed by atoms with Crippen LogP contribution in [0.4, 0.5) is 11.6 Å². The Balaban J connectivity index is 2.07. The molecule has 1 aliphatic rings. The van der Waals surface area contributed by atoms with Crippen LogP contribution in [-0.2, 0) is 11.3 Å². The summed E-state index contributed by atoms with van der Waals surface area (Å²) < 4.78 is 6.88. The number of hydrogen-bond donors (Lipinski definition) is 1. The first kappa shape index (κ1) is 15.4. The molecular weight excluding hydrogens is 296 g/mol. The summed E-state index contributed by atoms with van der Waals surface area (Å²) in [4.78, 5) is 22.7. The monoisotopic (exact) mass is 316 g/mol. The van der Waals surface area contributed by atoms with Gasteiger partial charge in [-0.3, -0.25) is 4.79 Å². The van der Waals surface area contributed by atoms with E-state index in [2.05, 4.69) is 15.1 Å². The van der Waals surface area contributed by atoms with Crippen LogP contribution in [-0.4, -0.2) is 46.1 Å². The second-order valence-corrected chi connectivity index (χ2v) is 5.37. The number of rotatable bonds is 4. The van der Waals surface area contributed by atoms with Gasteiger partial charge in [-0.1, -0.05) is 6.92 Å². The van der Waals surface area contributed by atoms with Crippen LogP contribution in [0.2, 0.25) is 0 Å². The molecule has 3 rings (SSSR count). The number of aromatic nitrogens is 4. The standard InChI is InChI=1S/C15H20N6O2/c1-2-3-21-14(22)13(20-4-6-23-7-5-20)8-12(19-21)11-9-17-15(16)18-10-11/h8-10H,2-7H2,1H3,(H2,16,17,18). The van der Waals surface area contributed by atoms with Crippen LogP contribution in [0.25, 0.3) is 11.3 Å². The van der Waals surface area contributed by atoms with Gasteiger partial charge in [-0.15, -0.1) is 0 Å². The van der Waals surface area contributed by atoms with Crippen LogP contribution in [0, 0.1) is 0 Å². The molecule has 1 saturated heterocycles. The van der Waals surface area contributed by atoms with Gasteiger partial charge in [0.15, 0.2) is 0 Å². The van der Waals surface area contributed by atoms with E-state index < -0.39 is 0 Å². The van der Waals surface area contributed by atoms with Gasteiger partial charge in [0.05, 0.1) is 18.9 Å². The zero-order valence-electron chi connectivity index (χ0n) is 13.1. The average molecular weight is 316 g/mol. The molecule has 0 bridgehead atoms. The first-order valence-electron chi connectivity index (χ1n) is 7.72. The number of nitrogens with two attached hydrogens (primary N) is 1. The molecule has 122 valence electrons. The molecule has 8 heteroatoms. The van der Waals surface area contributed by atoms with Crippen molar-refractivity contribution in [3.05, 3.63) is 28.8 Å². The Morgan fingerprint density at radius 3 is 2.61 bits per heavy atom. The molecule has 23 heavy (non-hydrogen) atoms. The van der Waals surface area contributed by atoms with E-state index >= 15 is 0 Å². The van der Waals surface area contributed by atoms with Crippen LogP contribution in [0.1, 0.15) is 13.3 Å². The Kier molecular flexibility index (Phi) is 4.52. The third kappa shape index (κ3) is 3.31. The smallest absolute Gasteiger partial charge is 0.290 e. The summed E-state index contributed by atoms with van der Waals surface area (Å²) in [7, 11) is 0. The first-order chi connectivity index (χ1) is 11.2. The molecular formula is C15H20N6O2. The number of aryl methyl sites for hydroxylation is 1. The highest BCUT2D eigenvalue weighted by molar-refractivity contribution is 5.62. The van der Waals surface area contributed by atoms with Gasteiger partial charge in [-0.2, -0.15) is 5.10 Å². The van der Waals surface area contributed by atoms with Crippen molar-refractivity contribution in [3.63, 3.8) is 0 Å². The predicted molar refractivity (Wildman–Crippen MR) is 87.3 cm³/mol. The summed E-state index contributed by atoms with van der Waals surface area (Å²) >= 11 is 0. The van der Waals surface area contributed by atoms with Crippen molar-refractivity contribution in [2.24, 2.45) is 0 Å². The molecule has 2 aromatic rings. The largest absolute Gasteiger partial charge is 0.378 e. The minimum absolute atomic E-state index is 0.0751. The van der Waals surface area contributed by atoms with Crippen LogP contribution in [0.5, 0.6) is 0 Å². The lowest BCUT2D eigenvalue weighted by Gasteiger charge is -2.28. The van der Waals surface area contributed by atoms with Crippen LogP contribution >= 0.6 is 0 Å². The first-order valence-corrected chi connectivity index (χ1v) is 7.72. The Bertz CT molecular complexity index is 722. The number of nitrogens with zero attached hydrogens (tertiary/aromatic N) is 5. The zero-order valence-corrected chi connectivity index (χ0v) is 13.1. The van der Waals surface area contributed by atoms with E-state index in [1.807, 2.05) is 11.8 Å². The van der Waals surface area contributed by atoms with Gasteiger partial charge in [-0.25, -0.2) is 14.6 Å². The summed E-state index contributed by atoms with van der Waals surface area (Å²) in [6, 6.07) is 1.80. The molecule has 2 aromatic heterocycles. The third-order valence-electron chi connectivity index (χ3n) is 3.71. The molecule has 0 atom stereocenters. The van der Waals surface area contributed by atoms with Crippen molar-refractivity contribution in [2.75, 3.05) is 36.9 Å². The summed E-state index contributed by atoms with van der Waals surface area (Å²) in [5, 5.41) is 4.44. The van der Waals surface area contributed by atoms with Gasteiger partial charge in [-0.05, 0) is 12.5 Å². The Morgan fingerprint density at radius 1 is 1.26 bits per heavy atom. The molecule has 0 aromatic carbocycles. The Morgan fingerprint density at radius 2 is 1.96 bits per heavy atom. The number of morpholine rings is 1. The maximum Gasteiger partial charge on any atom is 0.290 e. The number of ether oxygens (including phenoxy) is 1. The highest BCUT2D eigenvalue weighted by Crippen LogP contribution is 2.20. The van der Waals surface area contributed by atoms with Gasteiger partial charge in [0.1, 0.15) is 5.69 Å². The van der Waals surface area contributed by atoms with E-state index in [-0.39, 0.29) is 11.5 Å². The molecule has 0 unspecified atom stereocenters. The normalized spacial score (nSPS) is 14.9. The van der Waals surface area contributed by atoms with Crippen LogP contribution in [0.15, 0.2) is 23.3 Å². The lowest BCUT2D eigenvalue weighted by atomic mass is 10.2. The minimum Gasteiger partial charge on any atom is -0.378 e. The van der Waals surface area contributed by atoms with E-state index in [0.717, 1.165) is 12.0 Å². The summed E-state index contributed by atoms with van der Waals surface area (Å²) in [5.41, 5.74) is 7.50. The van der Waals surface area contributed by atoms with Crippen molar-refractivity contribution in [3.8, 4) is 11.3 Å². The summed E-state index contributed by atoms with van der Waals surface area (Å²) in [5.74, 6) is 0.212. The van der Waals surface area contributed by atoms with Gasteiger partial charge >= 0.3 is 0 Å². The number of anilines is 2. The number of nitrogen functional groups attached to an aromatic ring is 1. The van der Waals surface area contributed by atoms with Crippen molar-refractivity contribution < 1.29 is 4.74 Å². The fourth-order valence-corrected chi connectivity index (χ4v) is 2.53. The van der Waals surface area contributed by atoms with Gasteiger partial charge < -0.3 is 15.4 Å². The van der Waals surface area contributed by atoms with Crippen molar-refractivity contribution in [1.82, 2.24) is 19.7 Å². The molecule has 1 aliphatic heterocycles. The Labute approximate surface area is 133 Å². The lowest BCUT2D eigenvalue weighted by molar-refractivity contribution is 0.122. The van der Waals surface area contributed by atoms with E-state index in [1.165, 1.54) is 4.68 Å². The molecule has 1 fully saturated rings. The van der Waals surface area contributed by atoms with Gasteiger partial charge in [0.25, 0.3) is 5.56 Å². The van der Waals surface area contributed by atoms with E-state index in [4.69, 9.17) is 10.5 Å². The molecule has 0 spiro atoms. The van der Waals surface area contributed by atoms with Gasteiger partial charge in [0, 0.05) is 37.6 Å². The second kappa shape index (κ2) is 6.74. The molecule has 8 nitrogen and oxygen atoms in total. The highest BCUT2D eigenvalue weighted by atomic mass is 16.5. The van der Waals surface area contributed by atoms with Crippen LogP contribution in [0.3, 0.4) is 0 Å².